The molecule has 0 radical (unpaired) electrons. The van der Waals surface area contributed by atoms with Crippen LogP contribution in [0.15, 0.2) is 0 Å². The van der Waals surface area contributed by atoms with Crippen LogP contribution in [0.25, 0.3) is 0 Å². The van der Waals surface area contributed by atoms with Crippen molar-refractivity contribution in [2.45, 2.75) is 53.2 Å². The van der Waals surface area contributed by atoms with Gasteiger partial charge in [0.15, 0.2) is 0 Å². The standard InChI is InChI=1S/C14H27NO4/c1-10(2)19-8-6-7-15(12(4)13(5)16)9-11(3)14(17)18/h10-12H,6-9H2,1-5H3,(H,17,18). The first-order valence-corrected chi connectivity index (χ1v) is 6.84. The molecule has 112 valence electrons. The van der Waals surface area contributed by atoms with Crippen molar-refractivity contribution in [2.24, 2.45) is 5.92 Å². The number of nitrogens with zero attached hydrogens (tertiary/aromatic N) is 1. The summed E-state index contributed by atoms with van der Waals surface area (Å²) in [5.74, 6) is -1.26. The normalized spacial score (nSPS) is 14.7. The average molecular weight is 273 g/mol. The monoisotopic (exact) mass is 273 g/mol. The first kappa shape index (κ1) is 18.1. The Bertz CT molecular complexity index is 291. The quantitative estimate of drug-likeness (QED) is 0.615. The first-order valence-electron chi connectivity index (χ1n) is 6.84. The van der Waals surface area contributed by atoms with Crippen LogP contribution >= 0.6 is 0 Å². The van der Waals surface area contributed by atoms with Crippen LogP contribution in [-0.4, -0.2) is 53.6 Å². The minimum atomic E-state index is -0.834. The molecular weight excluding hydrogens is 246 g/mol. The van der Waals surface area contributed by atoms with Crippen molar-refractivity contribution in [1.82, 2.24) is 4.90 Å². The van der Waals surface area contributed by atoms with Crippen LogP contribution in [0.3, 0.4) is 0 Å². The van der Waals surface area contributed by atoms with Crippen molar-refractivity contribution < 1.29 is 19.4 Å². The molecule has 0 amide bonds. The average Bonchev–Trinajstić information content (AvgIpc) is 2.31. The van der Waals surface area contributed by atoms with Crippen molar-refractivity contribution >= 4 is 11.8 Å². The molecule has 5 nitrogen and oxygen atoms in total. The van der Waals surface area contributed by atoms with Gasteiger partial charge in [-0.2, -0.15) is 0 Å². The third-order valence-electron chi connectivity index (χ3n) is 3.11. The van der Waals surface area contributed by atoms with Crippen LogP contribution in [-0.2, 0) is 14.3 Å². The van der Waals surface area contributed by atoms with Gasteiger partial charge >= 0.3 is 5.97 Å². The molecule has 1 N–H and O–H groups in total. The lowest BCUT2D eigenvalue weighted by atomic mass is 10.1. The van der Waals surface area contributed by atoms with Gasteiger partial charge in [0, 0.05) is 19.7 Å². The van der Waals surface area contributed by atoms with Crippen molar-refractivity contribution in [2.75, 3.05) is 19.7 Å². The number of carbonyl (C=O) groups is 2. The third-order valence-corrected chi connectivity index (χ3v) is 3.11. The van der Waals surface area contributed by atoms with Gasteiger partial charge in [0.1, 0.15) is 5.78 Å². The zero-order valence-corrected chi connectivity index (χ0v) is 12.7. The number of hydrogen-bond donors (Lipinski definition) is 1. The molecule has 0 aliphatic rings. The summed E-state index contributed by atoms with van der Waals surface area (Å²) in [6, 6.07) is -0.249. The number of carboxylic acid groups (broad SMARTS) is 1. The minimum Gasteiger partial charge on any atom is -0.481 e. The van der Waals surface area contributed by atoms with Crippen LogP contribution in [0.2, 0.25) is 0 Å². The Kier molecular flexibility index (Phi) is 8.59. The number of aliphatic carboxylic acids is 1. The summed E-state index contributed by atoms with van der Waals surface area (Å²) in [5, 5.41) is 8.96. The number of carbonyl (C=O) groups excluding carboxylic acids is 1. The molecular formula is C14H27NO4. The van der Waals surface area contributed by atoms with Crippen molar-refractivity contribution in [3.63, 3.8) is 0 Å². The maximum Gasteiger partial charge on any atom is 0.307 e. The second kappa shape index (κ2) is 9.04. The molecule has 0 aromatic rings. The zero-order valence-electron chi connectivity index (χ0n) is 12.7. The molecule has 0 fully saturated rings. The topological polar surface area (TPSA) is 66.8 Å². The molecule has 0 spiro atoms. The van der Waals surface area contributed by atoms with E-state index in [9.17, 15) is 9.59 Å². The Balaban J connectivity index is 4.34. The van der Waals surface area contributed by atoms with E-state index in [2.05, 4.69) is 0 Å². The van der Waals surface area contributed by atoms with Gasteiger partial charge in [-0.05, 0) is 34.1 Å². The molecule has 5 heteroatoms. The highest BCUT2D eigenvalue weighted by Gasteiger charge is 2.22. The summed E-state index contributed by atoms with van der Waals surface area (Å²) < 4.78 is 5.46. The molecule has 0 rings (SSSR count). The Morgan fingerprint density at radius 3 is 2.21 bits per heavy atom. The van der Waals surface area contributed by atoms with E-state index in [0.29, 0.717) is 19.7 Å². The van der Waals surface area contributed by atoms with Crippen molar-refractivity contribution in [3.8, 4) is 0 Å². The summed E-state index contributed by atoms with van der Waals surface area (Å²) in [6.45, 7) is 10.6. The number of carboxylic acids is 1. The number of ether oxygens (including phenoxy) is 1. The maximum atomic E-state index is 11.5. The van der Waals surface area contributed by atoms with Crippen molar-refractivity contribution in [3.05, 3.63) is 0 Å². The fraction of sp³-hybridized carbons (Fsp3) is 0.857. The van der Waals surface area contributed by atoms with Gasteiger partial charge in [-0.3, -0.25) is 14.5 Å². The highest BCUT2D eigenvalue weighted by Crippen LogP contribution is 2.08. The smallest absolute Gasteiger partial charge is 0.307 e. The Labute approximate surface area is 115 Å². The van der Waals surface area contributed by atoms with Crippen molar-refractivity contribution in [1.29, 1.82) is 0 Å². The summed E-state index contributed by atoms with van der Waals surface area (Å²) >= 11 is 0. The van der Waals surface area contributed by atoms with E-state index in [0.717, 1.165) is 6.42 Å². The summed E-state index contributed by atoms with van der Waals surface area (Å²) in [6.07, 6.45) is 0.985. The molecule has 0 aromatic carbocycles. The van der Waals surface area contributed by atoms with Crippen LogP contribution < -0.4 is 0 Å². The summed E-state index contributed by atoms with van der Waals surface area (Å²) in [7, 11) is 0. The van der Waals surface area contributed by atoms with Crippen LogP contribution in [0.1, 0.15) is 41.0 Å². The van der Waals surface area contributed by atoms with Gasteiger partial charge in [0.05, 0.1) is 18.1 Å². The van der Waals surface area contributed by atoms with Gasteiger partial charge in [-0.1, -0.05) is 6.92 Å². The molecule has 0 saturated heterocycles. The molecule has 2 unspecified atom stereocenters. The van der Waals surface area contributed by atoms with E-state index in [-0.39, 0.29) is 17.9 Å². The Morgan fingerprint density at radius 2 is 1.79 bits per heavy atom. The van der Waals surface area contributed by atoms with Gasteiger partial charge in [0.2, 0.25) is 0 Å². The summed E-state index contributed by atoms with van der Waals surface area (Å²) in [4.78, 5) is 24.3. The van der Waals surface area contributed by atoms with Crippen LogP contribution in [0, 0.1) is 5.92 Å². The summed E-state index contributed by atoms with van der Waals surface area (Å²) in [5.41, 5.74) is 0. The largest absolute Gasteiger partial charge is 0.481 e. The molecule has 0 bridgehead atoms. The van der Waals surface area contributed by atoms with Gasteiger partial charge < -0.3 is 9.84 Å². The van der Waals surface area contributed by atoms with E-state index >= 15 is 0 Å². The zero-order chi connectivity index (χ0) is 15.0. The molecule has 0 saturated carbocycles. The molecule has 0 aromatic heterocycles. The molecule has 0 aliphatic heterocycles. The first-order chi connectivity index (χ1) is 8.75. The lowest BCUT2D eigenvalue weighted by Crippen LogP contribution is -2.42. The van der Waals surface area contributed by atoms with E-state index in [1.807, 2.05) is 25.7 Å². The van der Waals surface area contributed by atoms with Crippen LogP contribution in [0.5, 0.6) is 0 Å². The maximum absolute atomic E-state index is 11.5. The van der Waals surface area contributed by atoms with Crippen LogP contribution in [0.4, 0.5) is 0 Å². The van der Waals surface area contributed by atoms with E-state index in [1.54, 1.807) is 6.92 Å². The Morgan fingerprint density at radius 1 is 1.21 bits per heavy atom. The van der Waals surface area contributed by atoms with Gasteiger partial charge in [0.25, 0.3) is 0 Å². The lowest BCUT2D eigenvalue weighted by molar-refractivity contribution is -0.142. The van der Waals surface area contributed by atoms with E-state index < -0.39 is 11.9 Å². The van der Waals surface area contributed by atoms with Gasteiger partial charge in [-0.15, -0.1) is 0 Å². The SMILES string of the molecule is CC(=O)C(C)N(CCCOC(C)C)CC(C)C(=O)O. The highest BCUT2D eigenvalue weighted by molar-refractivity contribution is 5.81. The number of hydrogen-bond acceptors (Lipinski definition) is 4. The molecule has 19 heavy (non-hydrogen) atoms. The molecule has 0 aliphatic carbocycles. The van der Waals surface area contributed by atoms with Gasteiger partial charge in [-0.25, -0.2) is 0 Å². The second-order valence-corrected chi connectivity index (χ2v) is 5.29. The van der Waals surface area contributed by atoms with E-state index in [1.165, 1.54) is 6.92 Å². The number of rotatable bonds is 10. The predicted molar refractivity (Wildman–Crippen MR) is 74.2 cm³/mol. The lowest BCUT2D eigenvalue weighted by Gasteiger charge is -2.29. The second-order valence-electron chi connectivity index (χ2n) is 5.29. The molecule has 0 heterocycles. The fourth-order valence-corrected chi connectivity index (χ4v) is 1.72. The number of ketones is 1. The van der Waals surface area contributed by atoms with E-state index in [4.69, 9.17) is 9.84 Å². The fourth-order valence-electron chi connectivity index (χ4n) is 1.72. The highest BCUT2D eigenvalue weighted by atomic mass is 16.5. The third kappa shape index (κ3) is 7.95. The number of Topliss-reactive ketones (excluding diaryl/α,β-unsaturated/α-hetero) is 1. The Hall–Kier alpha value is -0.940. The predicted octanol–water partition coefficient (Wildman–Crippen LogP) is 1.80. The minimum absolute atomic E-state index is 0.0577. The molecule has 2 atom stereocenters.